The molecule has 0 spiro atoms. The summed E-state index contributed by atoms with van der Waals surface area (Å²) in [6.45, 7) is 6.53. The molecule has 1 aromatic rings. The first kappa shape index (κ1) is 22.8. The molecule has 9 nitrogen and oxygen atoms in total. The van der Waals surface area contributed by atoms with E-state index < -0.39 is 22.0 Å². The number of sulfonamides is 1. The number of rotatable bonds is 7. The minimum atomic E-state index is -3.79. The van der Waals surface area contributed by atoms with Crippen molar-refractivity contribution < 1.29 is 22.8 Å². The van der Waals surface area contributed by atoms with E-state index in [-0.39, 0.29) is 35.4 Å². The molecule has 1 fully saturated rings. The van der Waals surface area contributed by atoms with Crippen LogP contribution in [0.1, 0.15) is 37.6 Å². The fourth-order valence-corrected chi connectivity index (χ4v) is 4.41. The second-order valence-corrected chi connectivity index (χ2v) is 8.86. The lowest BCUT2D eigenvalue weighted by Gasteiger charge is -2.33. The summed E-state index contributed by atoms with van der Waals surface area (Å²) < 4.78 is 27.1. The predicted molar refractivity (Wildman–Crippen MR) is 108 cm³/mol. The highest BCUT2D eigenvalue weighted by Crippen LogP contribution is 2.19. The van der Waals surface area contributed by atoms with Gasteiger partial charge in [0.25, 0.3) is 5.91 Å². The number of nitrogens with one attached hydrogen (secondary N) is 2. The quantitative estimate of drug-likeness (QED) is 0.648. The number of amides is 3. The third kappa shape index (κ3) is 5.77. The van der Waals surface area contributed by atoms with Gasteiger partial charge in [-0.3, -0.25) is 14.4 Å². The van der Waals surface area contributed by atoms with Crippen LogP contribution in [0, 0.1) is 0 Å². The molecule has 1 heterocycles. The Bertz CT molecular complexity index is 863. The van der Waals surface area contributed by atoms with Crippen LogP contribution in [0.4, 0.5) is 0 Å². The van der Waals surface area contributed by atoms with E-state index in [1.165, 1.54) is 35.5 Å². The van der Waals surface area contributed by atoms with Gasteiger partial charge in [-0.1, -0.05) is 13.0 Å². The molecule has 0 radical (unpaired) electrons. The van der Waals surface area contributed by atoms with Gasteiger partial charge < -0.3 is 15.5 Å². The number of piperazine rings is 1. The SMILES string of the molecule is CCCNC(=O)[C@@H](C)NC(=O)c1cccc(S(=O)(=O)N2CCN(C(C)=O)CC2)c1. The third-order valence-electron chi connectivity index (χ3n) is 4.71. The smallest absolute Gasteiger partial charge is 0.251 e. The molecule has 1 aliphatic heterocycles. The molecule has 2 N–H and O–H groups in total. The molecule has 1 aliphatic rings. The Balaban J connectivity index is 2.09. The summed E-state index contributed by atoms with van der Waals surface area (Å²) >= 11 is 0. The van der Waals surface area contributed by atoms with Crippen LogP contribution in [0.5, 0.6) is 0 Å². The maximum Gasteiger partial charge on any atom is 0.251 e. The predicted octanol–water partition coefficient (Wildman–Crippen LogP) is 0.184. The largest absolute Gasteiger partial charge is 0.354 e. The Kier molecular flexibility index (Phi) is 7.74. The van der Waals surface area contributed by atoms with E-state index in [0.29, 0.717) is 19.6 Å². The molecular formula is C19H28N4O5S. The third-order valence-corrected chi connectivity index (χ3v) is 6.60. The second kappa shape index (κ2) is 9.84. The Morgan fingerprint density at radius 2 is 1.79 bits per heavy atom. The summed E-state index contributed by atoms with van der Waals surface area (Å²) in [5, 5.41) is 5.27. The minimum absolute atomic E-state index is 0.00418. The lowest BCUT2D eigenvalue weighted by molar-refractivity contribution is -0.130. The monoisotopic (exact) mass is 424 g/mol. The van der Waals surface area contributed by atoms with Crippen LogP contribution in [0.25, 0.3) is 0 Å². The van der Waals surface area contributed by atoms with Gasteiger partial charge in [0.05, 0.1) is 4.90 Å². The highest BCUT2D eigenvalue weighted by molar-refractivity contribution is 7.89. The zero-order valence-corrected chi connectivity index (χ0v) is 17.8. The van der Waals surface area contributed by atoms with E-state index in [4.69, 9.17) is 0 Å². The number of nitrogens with zero attached hydrogens (tertiary/aromatic N) is 2. The molecule has 1 aromatic carbocycles. The summed E-state index contributed by atoms with van der Waals surface area (Å²) in [6, 6.07) is 4.99. The molecule has 3 amide bonds. The fourth-order valence-electron chi connectivity index (χ4n) is 2.94. The van der Waals surface area contributed by atoms with Crippen molar-refractivity contribution in [1.82, 2.24) is 19.8 Å². The average molecular weight is 425 g/mol. The maximum atomic E-state index is 12.9. The van der Waals surface area contributed by atoms with Gasteiger partial charge >= 0.3 is 0 Å². The highest BCUT2D eigenvalue weighted by atomic mass is 32.2. The Morgan fingerprint density at radius 3 is 2.38 bits per heavy atom. The topological polar surface area (TPSA) is 116 Å². The van der Waals surface area contributed by atoms with Crippen molar-refractivity contribution in [1.29, 1.82) is 0 Å². The van der Waals surface area contributed by atoms with Gasteiger partial charge in [0.2, 0.25) is 21.8 Å². The Labute approximate surface area is 171 Å². The van der Waals surface area contributed by atoms with Crippen molar-refractivity contribution >= 4 is 27.7 Å². The van der Waals surface area contributed by atoms with Crippen molar-refractivity contribution in [3.05, 3.63) is 29.8 Å². The molecule has 2 rings (SSSR count). The number of hydrogen-bond acceptors (Lipinski definition) is 5. The fraction of sp³-hybridized carbons (Fsp3) is 0.526. The Hall–Kier alpha value is -2.46. The van der Waals surface area contributed by atoms with Gasteiger partial charge in [-0.25, -0.2) is 8.42 Å². The van der Waals surface area contributed by atoms with E-state index in [2.05, 4.69) is 10.6 Å². The van der Waals surface area contributed by atoms with Gasteiger partial charge in [0.15, 0.2) is 0 Å². The average Bonchev–Trinajstić information content (AvgIpc) is 2.71. The highest BCUT2D eigenvalue weighted by Gasteiger charge is 2.29. The van der Waals surface area contributed by atoms with Crippen molar-refractivity contribution in [2.75, 3.05) is 32.7 Å². The number of carbonyl (C=O) groups excluding carboxylic acids is 3. The van der Waals surface area contributed by atoms with Gasteiger partial charge in [-0.15, -0.1) is 0 Å². The normalized spacial score (nSPS) is 16.2. The molecule has 1 atom stereocenters. The molecule has 1 saturated heterocycles. The molecule has 29 heavy (non-hydrogen) atoms. The zero-order chi connectivity index (χ0) is 21.6. The lowest BCUT2D eigenvalue weighted by atomic mass is 10.2. The first-order valence-corrected chi connectivity index (χ1v) is 11.0. The lowest BCUT2D eigenvalue weighted by Crippen LogP contribution is -2.50. The van der Waals surface area contributed by atoms with E-state index in [1.54, 1.807) is 11.8 Å². The maximum absolute atomic E-state index is 12.9. The summed E-state index contributed by atoms with van der Waals surface area (Å²) in [6.07, 6.45) is 0.785. The van der Waals surface area contributed by atoms with Crippen molar-refractivity contribution in [2.24, 2.45) is 0 Å². The summed E-state index contributed by atoms with van der Waals surface area (Å²) in [7, 11) is -3.79. The van der Waals surface area contributed by atoms with E-state index in [9.17, 15) is 22.8 Å². The molecule has 0 aromatic heterocycles. The van der Waals surface area contributed by atoms with Gasteiger partial charge in [-0.2, -0.15) is 4.31 Å². The van der Waals surface area contributed by atoms with Crippen LogP contribution in [0.15, 0.2) is 29.2 Å². The van der Waals surface area contributed by atoms with Crippen LogP contribution >= 0.6 is 0 Å². The van der Waals surface area contributed by atoms with Crippen molar-refractivity contribution in [3.8, 4) is 0 Å². The van der Waals surface area contributed by atoms with Crippen LogP contribution in [-0.4, -0.2) is 74.1 Å². The molecular weight excluding hydrogens is 396 g/mol. The van der Waals surface area contributed by atoms with Crippen LogP contribution in [0.2, 0.25) is 0 Å². The van der Waals surface area contributed by atoms with E-state index in [1.807, 2.05) is 6.92 Å². The standard InChI is InChI=1S/C19H28N4O5S/c1-4-8-20-18(25)14(2)21-19(26)16-6-5-7-17(13-16)29(27,28)23-11-9-22(10-12-23)15(3)24/h5-7,13-14H,4,8-12H2,1-3H3,(H,20,25)(H,21,26)/t14-/m1/s1. The first-order chi connectivity index (χ1) is 13.7. The summed E-state index contributed by atoms with van der Waals surface area (Å²) in [5.41, 5.74) is 0.156. The molecule has 0 aliphatic carbocycles. The summed E-state index contributed by atoms with van der Waals surface area (Å²) in [5.74, 6) is -0.910. The summed E-state index contributed by atoms with van der Waals surface area (Å²) in [4.78, 5) is 37.4. The molecule has 0 unspecified atom stereocenters. The molecule has 10 heteroatoms. The molecule has 160 valence electrons. The van der Waals surface area contributed by atoms with E-state index >= 15 is 0 Å². The first-order valence-electron chi connectivity index (χ1n) is 9.61. The van der Waals surface area contributed by atoms with Crippen molar-refractivity contribution in [2.45, 2.75) is 38.1 Å². The molecule has 0 saturated carbocycles. The van der Waals surface area contributed by atoms with Crippen LogP contribution in [0.3, 0.4) is 0 Å². The van der Waals surface area contributed by atoms with Gasteiger partial charge in [0.1, 0.15) is 6.04 Å². The second-order valence-electron chi connectivity index (χ2n) is 6.92. The van der Waals surface area contributed by atoms with Gasteiger partial charge in [-0.05, 0) is 31.5 Å². The van der Waals surface area contributed by atoms with Gasteiger partial charge in [0, 0.05) is 45.2 Å². The van der Waals surface area contributed by atoms with Crippen LogP contribution in [-0.2, 0) is 19.6 Å². The number of carbonyl (C=O) groups is 3. The molecule has 0 bridgehead atoms. The number of benzene rings is 1. The van der Waals surface area contributed by atoms with Crippen molar-refractivity contribution in [3.63, 3.8) is 0 Å². The van der Waals surface area contributed by atoms with Crippen LogP contribution < -0.4 is 10.6 Å². The zero-order valence-electron chi connectivity index (χ0n) is 17.0. The van der Waals surface area contributed by atoms with E-state index in [0.717, 1.165) is 6.42 Å². The Morgan fingerprint density at radius 1 is 1.14 bits per heavy atom. The minimum Gasteiger partial charge on any atom is -0.354 e. The number of hydrogen-bond donors (Lipinski definition) is 2.